The summed E-state index contributed by atoms with van der Waals surface area (Å²) in [7, 11) is 0. The summed E-state index contributed by atoms with van der Waals surface area (Å²) >= 11 is 0. The Balaban J connectivity index is 0.00000353. The molecular weight excluding hydrogens is 502 g/mol. The lowest BCUT2D eigenvalue weighted by Crippen LogP contribution is -2.64. The molecule has 2 atom stereocenters. The van der Waals surface area contributed by atoms with Gasteiger partial charge in [-0.2, -0.15) is 0 Å². The lowest BCUT2D eigenvalue weighted by molar-refractivity contribution is -0.135. The maximum Gasteiger partial charge on any atom is 0.241 e. The highest BCUT2D eigenvalue weighted by Crippen LogP contribution is 2.37. The Labute approximate surface area is 241 Å². The molecule has 0 spiro atoms. The van der Waals surface area contributed by atoms with Gasteiger partial charge in [0.25, 0.3) is 0 Å². The van der Waals surface area contributed by atoms with Gasteiger partial charge < -0.3 is 5.32 Å². The molecule has 1 amide bonds. The summed E-state index contributed by atoms with van der Waals surface area (Å²) in [4.78, 5) is 19.3. The Morgan fingerprint density at radius 3 is 1.69 bits per heavy atom. The molecule has 39 heavy (non-hydrogen) atoms. The maximum absolute atomic E-state index is 14.2. The summed E-state index contributed by atoms with van der Waals surface area (Å²) in [5.74, 6) is 0.163. The van der Waals surface area contributed by atoms with Crippen LogP contribution in [-0.2, 0) is 17.6 Å². The molecule has 1 aliphatic heterocycles. The molecule has 0 bridgehead atoms. The molecule has 1 saturated heterocycles. The number of halogens is 1. The van der Waals surface area contributed by atoms with E-state index in [1.54, 1.807) is 0 Å². The molecule has 1 heterocycles. The van der Waals surface area contributed by atoms with Crippen molar-refractivity contribution < 1.29 is 4.79 Å². The second-order valence-corrected chi connectivity index (χ2v) is 11.9. The minimum Gasteiger partial charge on any atom is -0.348 e. The van der Waals surface area contributed by atoms with Crippen molar-refractivity contribution in [3.05, 3.63) is 105 Å². The number of nitrogens with zero attached hydrogens (tertiary/aromatic N) is 2. The van der Waals surface area contributed by atoms with E-state index < -0.39 is 5.54 Å². The zero-order valence-electron chi connectivity index (χ0n) is 24.4. The fourth-order valence-electron chi connectivity index (χ4n) is 6.80. The van der Waals surface area contributed by atoms with Gasteiger partial charge in [-0.1, -0.05) is 82.9 Å². The van der Waals surface area contributed by atoms with Gasteiger partial charge in [0.1, 0.15) is 5.54 Å². The van der Waals surface area contributed by atoms with Crippen molar-refractivity contribution in [2.24, 2.45) is 0 Å². The lowest BCUT2D eigenvalue weighted by Gasteiger charge is -2.46. The smallest absolute Gasteiger partial charge is 0.241 e. The SMILES string of the molecule is Cc1cc(C)cc([C@@H](C)N2CCN(C3(C(=O)N[C@H](C)c4cc(C)cc(C)c4)Cc4ccccc4C3)CC2)c1.Cl. The van der Waals surface area contributed by atoms with Crippen molar-refractivity contribution in [1.29, 1.82) is 0 Å². The monoisotopic (exact) mass is 545 g/mol. The molecule has 1 N–H and O–H groups in total. The minimum atomic E-state index is -0.536. The van der Waals surface area contributed by atoms with Gasteiger partial charge in [0, 0.05) is 45.1 Å². The molecule has 5 heteroatoms. The highest BCUT2D eigenvalue weighted by atomic mass is 35.5. The summed E-state index contributed by atoms with van der Waals surface area (Å²) < 4.78 is 0. The average molecular weight is 546 g/mol. The van der Waals surface area contributed by atoms with E-state index in [0.29, 0.717) is 6.04 Å². The molecule has 208 valence electrons. The first-order chi connectivity index (χ1) is 18.1. The summed E-state index contributed by atoms with van der Waals surface area (Å²) in [6, 6.07) is 22.4. The van der Waals surface area contributed by atoms with Gasteiger partial charge in [0.15, 0.2) is 0 Å². The van der Waals surface area contributed by atoms with Crippen LogP contribution in [0.25, 0.3) is 0 Å². The first-order valence-corrected chi connectivity index (χ1v) is 14.2. The lowest BCUT2D eigenvalue weighted by atomic mass is 9.89. The van der Waals surface area contributed by atoms with Crippen LogP contribution in [0.15, 0.2) is 60.7 Å². The van der Waals surface area contributed by atoms with Crippen LogP contribution in [0.4, 0.5) is 0 Å². The molecular formula is C34H44ClN3O. The summed E-state index contributed by atoms with van der Waals surface area (Å²) in [5.41, 5.74) is 9.77. The van der Waals surface area contributed by atoms with Crippen LogP contribution in [0.1, 0.15) is 70.4 Å². The third kappa shape index (κ3) is 6.09. The predicted octanol–water partition coefficient (Wildman–Crippen LogP) is 6.44. The molecule has 1 aliphatic carbocycles. The number of hydrogen-bond acceptors (Lipinski definition) is 3. The highest BCUT2D eigenvalue weighted by molar-refractivity contribution is 5.88. The molecule has 0 radical (unpaired) electrons. The molecule has 3 aromatic rings. The van der Waals surface area contributed by atoms with Gasteiger partial charge in [-0.3, -0.25) is 14.6 Å². The normalized spacial score (nSPS) is 18.6. The van der Waals surface area contributed by atoms with E-state index in [2.05, 4.69) is 117 Å². The van der Waals surface area contributed by atoms with Crippen molar-refractivity contribution >= 4 is 18.3 Å². The van der Waals surface area contributed by atoms with Gasteiger partial charge in [-0.05, 0) is 63.8 Å². The van der Waals surface area contributed by atoms with Gasteiger partial charge in [-0.15, -0.1) is 12.4 Å². The Kier molecular flexibility index (Phi) is 8.90. The molecule has 3 aromatic carbocycles. The average Bonchev–Trinajstić information content (AvgIpc) is 3.28. The minimum absolute atomic E-state index is 0. The predicted molar refractivity (Wildman–Crippen MR) is 164 cm³/mol. The third-order valence-electron chi connectivity index (χ3n) is 8.79. The Morgan fingerprint density at radius 2 is 1.21 bits per heavy atom. The van der Waals surface area contributed by atoms with E-state index in [-0.39, 0.29) is 24.4 Å². The van der Waals surface area contributed by atoms with Crippen molar-refractivity contribution in [1.82, 2.24) is 15.1 Å². The fraction of sp³-hybridized carbons (Fsp3) is 0.441. The van der Waals surface area contributed by atoms with Crippen LogP contribution in [0, 0.1) is 27.7 Å². The summed E-state index contributed by atoms with van der Waals surface area (Å²) in [6.45, 7) is 16.8. The standard InChI is InChI=1S/C34H43N3O.ClH/c1-23-15-24(2)18-31(17-23)27(5)35-33(38)34(21-29-9-7-8-10-30(29)22-34)37-13-11-36(12-14-37)28(6)32-19-25(3)16-26(4)20-32;/h7-10,15-20,27-28H,11-14,21-22H2,1-6H3,(H,35,38);1H/t27-,28-;/m1./s1. The zero-order chi connectivity index (χ0) is 27.0. The number of fused-ring (bicyclic) bond motifs is 1. The maximum atomic E-state index is 14.2. The Morgan fingerprint density at radius 1 is 0.744 bits per heavy atom. The van der Waals surface area contributed by atoms with Gasteiger partial charge in [0.2, 0.25) is 5.91 Å². The molecule has 0 unspecified atom stereocenters. The van der Waals surface area contributed by atoms with E-state index >= 15 is 0 Å². The number of hydrogen-bond donors (Lipinski definition) is 1. The number of carbonyl (C=O) groups is 1. The molecule has 2 aliphatic rings. The number of nitrogens with one attached hydrogen (secondary N) is 1. The zero-order valence-corrected chi connectivity index (χ0v) is 25.2. The molecule has 0 aromatic heterocycles. The van der Waals surface area contributed by atoms with E-state index in [1.807, 2.05) is 0 Å². The first kappa shape index (κ1) is 29.3. The van der Waals surface area contributed by atoms with E-state index in [0.717, 1.165) is 39.0 Å². The van der Waals surface area contributed by atoms with Crippen LogP contribution >= 0.6 is 12.4 Å². The van der Waals surface area contributed by atoms with E-state index in [1.165, 1.54) is 44.5 Å². The number of benzene rings is 3. The molecule has 5 rings (SSSR count). The number of piperazine rings is 1. The fourth-order valence-corrected chi connectivity index (χ4v) is 6.80. The first-order valence-electron chi connectivity index (χ1n) is 14.2. The number of rotatable bonds is 6. The second kappa shape index (κ2) is 11.8. The van der Waals surface area contributed by atoms with Crippen LogP contribution in [0.5, 0.6) is 0 Å². The van der Waals surface area contributed by atoms with Crippen LogP contribution in [-0.4, -0.2) is 47.4 Å². The molecule has 0 saturated carbocycles. The van der Waals surface area contributed by atoms with E-state index in [4.69, 9.17) is 0 Å². The number of amides is 1. The van der Waals surface area contributed by atoms with Gasteiger partial charge in [0.05, 0.1) is 6.04 Å². The van der Waals surface area contributed by atoms with Crippen LogP contribution in [0.2, 0.25) is 0 Å². The summed E-state index contributed by atoms with van der Waals surface area (Å²) in [5, 5.41) is 3.44. The Hall–Kier alpha value is -2.66. The molecule has 1 fully saturated rings. The van der Waals surface area contributed by atoms with Crippen molar-refractivity contribution in [2.75, 3.05) is 26.2 Å². The largest absolute Gasteiger partial charge is 0.348 e. The summed E-state index contributed by atoms with van der Waals surface area (Å²) in [6.07, 6.45) is 1.56. The van der Waals surface area contributed by atoms with Crippen molar-refractivity contribution in [3.63, 3.8) is 0 Å². The van der Waals surface area contributed by atoms with Crippen LogP contribution in [0.3, 0.4) is 0 Å². The Bertz CT molecular complexity index is 1260. The van der Waals surface area contributed by atoms with Crippen molar-refractivity contribution in [2.45, 2.75) is 72.0 Å². The second-order valence-electron chi connectivity index (χ2n) is 11.9. The third-order valence-corrected chi connectivity index (χ3v) is 8.79. The topological polar surface area (TPSA) is 35.6 Å². The van der Waals surface area contributed by atoms with E-state index in [9.17, 15) is 4.79 Å². The molecule has 4 nitrogen and oxygen atoms in total. The number of carbonyl (C=O) groups excluding carboxylic acids is 1. The quantitative estimate of drug-likeness (QED) is 0.387. The number of aryl methyl sites for hydroxylation is 4. The van der Waals surface area contributed by atoms with Gasteiger partial charge >= 0.3 is 0 Å². The van der Waals surface area contributed by atoms with Crippen molar-refractivity contribution in [3.8, 4) is 0 Å². The van der Waals surface area contributed by atoms with Gasteiger partial charge in [-0.25, -0.2) is 0 Å². The van der Waals surface area contributed by atoms with Crippen LogP contribution < -0.4 is 5.32 Å². The highest BCUT2D eigenvalue weighted by Gasteiger charge is 2.49.